The maximum Gasteiger partial charge on any atom is 0.386 e. The normalized spacial score (nSPS) is 11.5. The summed E-state index contributed by atoms with van der Waals surface area (Å²) in [6, 6.07) is 6.05. The number of benzene rings is 1. The van der Waals surface area contributed by atoms with Gasteiger partial charge in [-0.1, -0.05) is 26.0 Å². The molecule has 0 heterocycles. The summed E-state index contributed by atoms with van der Waals surface area (Å²) in [4.78, 5) is 10.7. The summed E-state index contributed by atoms with van der Waals surface area (Å²) in [6.07, 6.45) is 1.65. The SMILES string of the molecule is CCCOP(=O)(Cc1ccc(C([O])=O)cc1)OCCC. The minimum absolute atomic E-state index is 0.0903. The first-order valence-electron chi connectivity index (χ1n) is 6.69. The maximum absolute atomic E-state index is 12.5. The Morgan fingerprint density at radius 3 is 1.95 bits per heavy atom. The Bertz CT molecular complexity index is 457. The monoisotopic (exact) mass is 299 g/mol. The summed E-state index contributed by atoms with van der Waals surface area (Å²) in [5.74, 6) is -1.23. The molecule has 6 heteroatoms. The first-order chi connectivity index (χ1) is 9.50. The van der Waals surface area contributed by atoms with E-state index in [2.05, 4.69) is 0 Å². The third-order valence-electron chi connectivity index (χ3n) is 2.55. The van der Waals surface area contributed by atoms with Crippen LogP contribution in [-0.4, -0.2) is 19.2 Å². The average Bonchev–Trinajstić information content (AvgIpc) is 2.44. The third kappa shape index (κ3) is 5.45. The van der Waals surface area contributed by atoms with Crippen molar-refractivity contribution >= 4 is 13.6 Å². The Morgan fingerprint density at radius 2 is 1.55 bits per heavy atom. The van der Waals surface area contributed by atoms with Crippen molar-refractivity contribution in [2.24, 2.45) is 0 Å². The van der Waals surface area contributed by atoms with Crippen molar-refractivity contribution in [2.75, 3.05) is 13.2 Å². The second-order valence-electron chi connectivity index (χ2n) is 4.42. The van der Waals surface area contributed by atoms with Crippen LogP contribution in [0.25, 0.3) is 0 Å². The van der Waals surface area contributed by atoms with Crippen molar-refractivity contribution in [2.45, 2.75) is 32.9 Å². The van der Waals surface area contributed by atoms with E-state index in [9.17, 15) is 14.5 Å². The van der Waals surface area contributed by atoms with Gasteiger partial charge in [0.05, 0.1) is 24.9 Å². The van der Waals surface area contributed by atoms with Gasteiger partial charge in [0.2, 0.25) is 0 Å². The van der Waals surface area contributed by atoms with Gasteiger partial charge in [0.25, 0.3) is 0 Å². The molecule has 0 amide bonds. The fourth-order valence-electron chi connectivity index (χ4n) is 1.56. The van der Waals surface area contributed by atoms with Crippen molar-refractivity contribution in [3.05, 3.63) is 35.4 Å². The van der Waals surface area contributed by atoms with Gasteiger partial charge in [-0.25, -0.2) is 9.90 Å². The van der Waals surface area contributed by atoms with Gasteiger partial charge >= 0.3 is 13.6 Å². The van der Waals surface area contributed by atoms with Crippen LogP contribution in [0.2, 0.25) is 0 Å². The number of carbonyl (C=O) groups is 1. The van der Waals surface area contributed by atoms with Crippen LogP contribution in [0.5, 0.6) is 0 Å². The van der Waals surface area contributed by atoms with Crippen LogP contribution < -0.4 is 0 Å². The lowest BCUT2D eigenvalue weighted by atomic mass is 10.1. The molecule has 0 atom stereocenters. The van der Waals surface area contributed by atoms with Crippen LogP contribution in [0, 0.1) is 0 Å². The van der Waals surface area contributed by atoms with Gasteiger partial charge in [0.15, 0.2) is 0 Å². The highest BCUT2D eigenvalue weighted by Gasteiger charge is 2.24. The van der Waals surface area contributed by atoms with E-state index in [0.717, 1.165) is 12.8 Å². The lowest BCUT2D eigenvalue weighted by Crippen LogP contribution is -2.02. The zero-order valence-corrected chi connectivity index (χ0v) is 12.7. The largest absolute Gasteiger partial charge is 0.386 e. The molecule has 20 heavy (non-hydrogen) atoms. The van der Waals surface area contributed by atoms with E-state index in [1.54, 1.807) is 12.1 Å². The molecule has 1 rings (SSSR count). The Hall–Kier alpha value is -1.16. The topological polar surface area (TPSA) is 72.5 Å². The molecule has 0 unspecified atom stereocenters. The Balaban J connectivity index is 2.77. The Labute approximate surface area is 119 Å². The zero-order valence-electron chi connectivity index (χ0n) is 11.8. The second-order valence-corrected chi connectivity index (χ2v) is 6.47. The standard InChI is InChI=1S/C14H20O5P/c1-3-9-18-20(17,19-10-4-2)11-12-5-7-13(8-6-12)14(15)16/h5-8H,3-4,9-11H2,1-2H3. The predicted molar refractivity (Wildman–Crippen MR) is 75.3 cm³/mol. The molecule has 0 aliphatic carbocycles. The molecule has 0 aromatic heterocycles. The molecule has 0 N–H and O–H groups in total. The Kier molecular flexibility index (Phi) is 6.93. The molecule has 1 radical (unpaired) electrons. The summed E-state index contributed by atoms with van der Waals surface area (Å²) < 4.78 is 23.3. The quantitative estimate of drug-likeness (QED) is 0.650. The van der Waals surface area contributed by atoms with Crippen LogP contribution in [0.1, 0.15) is 42.6 Å². The summed E-state index contributed by atoms with van der Waals surface area (Å²) in [5.41, 5.74) is 0.804. The third-order valence-corrected chi connectivity index (χ3v) is 4.45. The van der Waals surface area contributed by atoms with Crippen LogP contribution in [0.3, 0.4) is 0 Å². The number of rotatable bonds is 9. The fraction of sp³-hybridized carbons (Fsp3) is 0.500. The molecule has 0 saturated heterocycles. The van der Waals surface area contributed by atoms with Crippen LogP contribution in [0.15, 0.2) is 24.3 Å². The van der Waals surface area contributed by atoms with Gasteiger partial charge in [-0.05, 0) is 30.5 Å². The highest BCUT2D eigenvalue weighted by molar-refractivity contribution is 7.53. The van der Waals surface area contributed by atoms with Gasteiger partial charge in [-0.2, -0.15) is 0 Å². The van der Waals surface area contributed by atoms with Crippen molar-refractivity contribution in [3.63, 3.8) is 0 Å². The van der Waals surface area contributed by atoms with Crippen LogP contribution in [0.4, 0.5) is 0 Å². The minimum Gasteiger partial charge on any atom is -0.308 e. The molecular formula is C14H20O5P. The molecule has 111 valence electrons. The van der Waals surface area contributed by atoms with E-state index in [4.69, 9.17) is 9.05 Å². The summed E-state index contributed by atoms with van der Waals surface area (Å²) in [5, 5.41) is 10.7. The first kappa shape index (κ1) is 16.9. The average molecular weight is 299 g/mol. The molecule has 0 fully saturated rings. The van der Waals surface area contributed by atoms with E-state index in [1.165, 1.54) is 12.1 Å². The molecule has 0 aliphatic heterocycles. The highest BCUT2D eigenvalue weighted by atomic mass is 31.2. The van der Waals surface area contributed by atoms with Gasteiger partial charge in [-0.15, -0.1) is 0 Å². The lowest BCUT2D eigenvalue weighted by Gasteiger charge is -2.18. The molecular weight excluding hydrogens is 279 g/mol. The summed E-state index contributed by atoms with van der Waals surface area (Å²) in [6.45, 7) is 4.61. The molecule has 0 bridgehead atoms. The molecule has 0 aliphatic rings. The minimum atomic E-state index is -3.18. The molecule has 1 aromatic carbocycles. The van der Waals surface area contributed by atoms with Gasteiger partial charge in [0.1, 0.15) is 0 Å². The van der Waals surface area contributed by atoms with E-state index in [1.807, 2.05) is 13.8 Å². The second kappa shape index (κ2) is 8.20. The molecule has 1 aromatic rings. The van der Waals surface area contributed by atoms with E-state index in [0.29, 0.717) is 18.8 Å². The summed E-state index contributed by atoms with van der Waals surface area (Å²) >= 11 is 0. The smallest absolute Gasteiger partial charge is 0.308 e. The fourth-order valence-corrected chi connectivity index (χ4v) is 3.40. The first-order valence-corrected chi connectivity index (χ1v) is 8.42. The summed E-state index contributed by atoms with van der Waals surface area (Å²) in [7, 11) is -3.18. The zero-order chi connectivity index (χ0) is 15.0. The van der Waals surface area contributed by atoms with Crippen molar-refractivity contribution < 1.29 is 23.5 Å². The molecule has 0 saturated carbocycles. The van der Waals surface area contributed by atoms with Crippen LogP contribution >= 0.6 is 7.60 Å². The van der Waals surface area contributed by atoms with Gasteiger partial charge in [-0.3, -0.25) is 4.57 Å². The number of carbonyl (C=O) groups excluding carboxylic acids is 1. The maximum atomic E-state index is 12.5. The van der Waals surface area contributed by atoms with E-state index < -0.39 is 13.6 Å². The number of hydrogen-bond donors (Lipinski definition) is 0. The Morgan fingerprint density at radius 1 is 1.05 bits per heavy atom. The molecule has 5 nitrogen and oxygen atoms in total. The van der Waals surface area contributed by atoms with Gasteiger partial charge in [0, 0.05) is 0 Å². The van der Waals surface area contributed by atoms with E-state index in [-0.39, 0.29) is 11.7 Å². The van der Waals surface area contributed by atoms with Crippen molar-refractivity contribution in [1.82, 2.24) is 0 Å². The highest BCUT2D eigenvalue weighted by Crippen LogP contribution is 2.51. The van der Waals surface area contributed by atoms with Crippen LogP contribution in [-0.2, 0) is 24.9 Å². The van der Waals surface area contributed by atoms with Gasteiger partial charge < -0.3 is 9.05 Å². The van der Waals surface area contributed by atoms with Crippen molar-refractivity contribution in [1.29, 1.82) is 0 Å². The van der Waals surface area contributed by atoms with Crippen molar-refractivity contribution in [3.8, 4) is 0 Å². The molecule has 0 spiro atoms. The predicted octanol–water partition coefficient (Wildman–Crippen LogP) is 3.80. The number of hydrogen-bond acceptors (Lipinski definition) is 4. The van der Waals surface area contributed by atoms with E-state index >= 15 is 0 Å². The lowest BCUT2D eigenvalue weighted by molar-refractivity contribution is 0.0573.